The van der Waals surface area contributed by atoms with Gasteiger partial charge in [-0.05, 0) is 11.1 Å². The fraction of sp³-hybridized carbons (Fsp3) is 0.250. The van der Waals surface area contributed by atoms with Crippen LogP contribution in [0.1, 0.15) is 11.1 Å². The maximum absolute atomic E-state index is 11.4. The van der Waals surface area contributed by atoms with Crippen LogP contribution in [-0.2, 0) is 22.9 Å². The second-order valence-electron chi connectivity index (χ2n) is 4.24. The zero-order valence-electron chi connectivity index (χ0n) is 10.4. The highest BCUT2D eigenvalue weighted by Gasteiger charge is 2.11. The van der Waals surface area contributed by atoms with E-state index in [0.717, 1.165) is 17.4 Å². The van der Waals surface area contributed by atoms with Gasteiger partial charge in [-0.1, -0.05) is 29.8 Å². The number of aromatic nitrogens is 2. The van der Waals surface area contributed by atoms with Crippen molar-refractivity contribution < 1.29 is 8.42 Å². The summed E-state index contributed by atoms with van der Waals surface area (Å²) in [6, 6.07) is 5.59. The van der Waals surface area contributed by atoms with Crippen LogP contribution in [0.15, 0.2) is 35.5 Å². The molecule has 0 aliphatic rings. The van der Waals surface area contributed by atoms with E-state index in [1.165, 1.54) is 17.1 Å². The highest BCUT2D eigenvalue weighted by atomic mass is 35.5. The number of hydrogen-bond donors (Lipinski definition) is 1. The monoisotopic (exact) mass is 299 g/mol. The Hall–Kier alpha value is -1.37. The third-order valence-corrected chi connectivity index (χ3v) is 4.30. The first-order valence-electron chi connectivity index (χ1n) is 5.60. The first-order chi connectivity index (χ1) is 8.91. The van der Waals surface area contributed by atoms with E-state index in [2.05, 4.69) is 5.10 Å². The second kappa shape index (κ2) is 5.32. The molecule has 0 saturated carbocycles. The third kappa shape index (κ3) is 3.15. The molecule has 2 rings (SSSR count). The van der Waals surface area contributed by atoms with Gasteiger partial charge in [-0.2, -0.15) is 5.10 Å². The van der Waals surface area contributed by atoms with E-state index in [4.69, 9.17) is 17.3 Å². The normalized spacial score (nSPS) is 11.7. The Labute approximate surface area is 116 Å². The van der Waals surface area contributed by atoms with E-state index in [1.54, 1.807) is 0 Å². The van der Waals surface area contributed by atoms with Crippen LogP contribution in [0.25, 0.3) is 0 Å². The zero-order valence-corrected chi connectivity index (χ0v) is 11.9. The predicted molar refractivity (Wildman–Crippen MR) is 73.8 cm³/mol. The average molecular weight is 300 g/mol. The van der Waals surface area contributed by atoms with Crippen LogP contribution < -0.4 is 5.73 Å². The summed E-state index contributed by atoms with van der Waals surface area (Å²) < 4.78 is 24.3. The molecular weight excluding hydrogens is 286 g/mol. The average Bonchev–Trinajstić information content (AvgIpc) is 2.80. The Morgan fingerprint density at radius 2 is 2.05 bits per heavy atom. The number of nitrogens with two attached hydrogens (primary N) is 1. The summed E-state index contributed by atoms with van der Waals surface area (Å²) in [6.45, 7) is 0.766. The molecule has 2 aromatic rings. The topological polar surface area (TPSA) is 78.0 Å². The summed E-state index contributed by atoms with van der Waals surface area (Å²) in [7, 11) is -3.23. The van der Waals surface area contributed by atoms with Crippen LogP contribution in [0.4, 0.5) is 0 Å². The molecule has 0 aliphatic carbocycles. The molecule has 1 aromatic carbocycles. The SMILES string of the molecule is CS(=O)(=O)c1cnn(Cc2cccc(CN)c2Cl)c1. The maximum atomic E-state index is 11.4. The fourth-order valence-electron chi connectivity index (χ4n) is 1.71. The summed E-state index contributed by atoms with van der Waals surface area (Å²) in [6.07, 6.45) is 3.97. The lowest BCUT2D eigenvalue weighted by atomic mass is 10.1. The van der Waals surface area contributed by atoms with Gasteiger partial charge < -0.3 is 5.73 Å². The molecule has 19 heavy (non-hydrogen) atoms. The quantitative estimate of drug-likeness (QED) is 0.927. The minimum Gasteiger partial charge on any atom is -0.326 e. The molecule has 1 aromatic heterocycles. The summed E-state index contributed by atoms with van der Waals surface area (Å²) >= 11 is 6.22. The summed E-state index contributed by atoms with van der Waals surface area (Å²) in [5.41, 5.74) is 7.30. The molecule has 2 N–H and O–H groups in total. The van der Waals surface area contributed by atoms with E-state index in [0.29, 0.717) is 18.1 Å². The lowest BCUT2D eigenvalue weighted by Gasteiger charge is -2.08. The lowest BCUT2D eigenvalue weighted by molar-refractivity contribution is 0.601. The molecule has 0 aliphatic heterocycles. The summed E-state index contributed by atoms with van der Waals surface area (Å²) in [5.74, 6) is 0. The largest absolute Gasteiger partial charge is 0.326 e. The van der Waals surface area contributed by atoms with E-state index in [9.17, 15) is 8.42 Å². The fourth-order valence-corrected chi connectivity index (χ4v) is 2.52. The van der Waals surface area contributed by atoms with Crippen LogP contribution in [0, 0.1) is 0 Å². The Morgan fingerprint density at radius 3 is 2.63 bits per heavy atom. The van der Waals surface area contributed by atoms with Gasteiger partial charge in [0.15, 0.2) is 9.84 Å². The summed E-state index contributed by atoms with van der Waals surface area (Å²) in [4.78, 5) is 0.193. The molecular formula is C12H14ClN3O2S. The van der Waals surface area contributed by atoms with E-state index < -0.39 is 9.84 Å². The van der Waals surface area contributed by atoms with Crippen LogP contribution in [0.2, 0.25) is 5.02 Å². The minimum atomic E-state index is -3.23. The third-order valence-electron chi connectivity index (χ3n) is 2.75. The van der Waals surface area contributed by atoms with Gasteiger partial charge in [-0.3, -0.25) is 4.68 Å². The molecule has 102 valence electrons. The molecule has 0 bridgehead atoms. The Balaban J connectivity index is 2.29. The van der Waals surface area contributed by atoms with Gasteiger partial charge in [-0.15, -0.1) is 0 Å². The van der Waals surface area contributed by atoms with Crippen molar-refractivity contribution in [2.24, 2.45) is 5.73 Å². The number of benzene rings is 1. The number of halogens is 1. The standard InChI is InChI=1S/C12H14ClN3O2S/c1-19(17,18)11-6-15-16(8-11)7-10-4-2-3-9(5-14)12(10)13/h2-4,6,8H,5,7,14H2,1H3. The van der Waals surface area contributed by atoms with Crippen LogP contribution in [0.5, 0.6) is 0 Å². The predicted octanol–water partition coefficient (Wildman–Crippen LogP) is 1.45. The first kappa shape index (κ1) is 14.0. The molecule has 0 fully saturated rings. The van der Waals surface area contributed by atoms with Crippen LogP contribution in [0.3, 0.4) is 0 Å². The molecule has 0 saturated heterocycles. The van der Waals surface area contributed by atoms with Crippen LogP contribution >= 0.6 is 11.6 Å². The number of nitrogens with zero attached hydrogens (tertiary/aromatic N) is 2. The van der Waals surface area contributed by atoms with Gasteiger partial charge in [0, 0.05) is 19.0 Å². The van der Waals surface area contributed by atoms with Gasteiger partial charge in [0.2, 0.25) is 0 Å². The molecule has 5 nitrogen and oxygen atoms in total. The van der Waals surface area contributed by atoms with Gasteiger partial charge in [-0.25, -0.2) is 8.42 Å². The van der Waals surface area contributed by atoms with Crippen molar-refractivity contribution in [2.75, 3.05) is 6.26 Å². The molecule has 0 amide bonds. The van der Waals surface area contributed by atoms with E-state index >= 15 is 0 Å². The second-order valence-corrected chi connectivity index (χ2v) is 6.63. The Kier molecular flexibility index (Phi) is 3.93. The van der Waals surface area contributed by atoms with Crippen molar-refractivity contribution in [2.45, 2.75) is 18.0 Å². The van der Waals surface area contributed by atoms with Crippen molar-refractivity contribution in [3.05, 3.63) is 46.7 Å². The molecule has 0 atom stereocenters. The zero-order chi connectivity index (χ0) is 14.0. The highest BCUT2D eigenvalue weighted by Crippen LogP contribution is 2.21. The number of rotatable bonds is 4. The minimum absolute atomic E-state index is 0.193. The molecule has 0 spiro atoms. The van der Waals surface area contributed by atoms with E-state index in [1.807, 2.05) is 18.2 Å². The van der Waals surface area contributed by atoms with Crippen molar-refractivity contribution in [3.63, 3.8) is 0 Å². The molecule has 7 heteroatoms. The van der Waals surface area contributed by atoms with E-state index in [-0.39, 0.29) is 4.90 Å². The molecule has 1 heterocycles. The van der Waals surface area contributed by atoms with Crippen LogP contribution in [-0.4, -0.2) is 24.5 Å². The van der Waals surface area contributed by atoms with Crippen molar-refractivity contribution >= 4 is 21.4 Å². The van der Waals surface area contributed by atoms with Gasteiger partial charge in [0.25, 0.3) is 0 Å². The van der Waals surface area contributed by atoms with Gasteiger partial charge in [0.1, 0.15) is 4.90 Å². The number of hydrogen-bond acceptors (Lipinski definition) is 4. The Bertz CT molecular complexity index is 695. The number of sulfone groups is 1. The van der Waals surface area contributed by atoms with Gasteiger partial charge in [0.05, 0.1) is 17.8 Å². The van der Waals surface area contributed by atoms with Crippen molar-refractivity contribution in [1.29, 1.82) is 0 Å². The molecule has 0 radical (unpaired) electrons. The Morgan fingerprint density at radius 1 is 1.37 bits per heavy atom. The molecule has 0 unspecified atom stereocenters. The summed E-state index contributed by atoms with van der Waals surface area (Å²) in [5, 5.41) is 4.62. The lowest BCUT2D eigenvalue weighted by Crippen LogP contribution is -2.04. The first-order valence-corrected chi connectivity index (χ1v) is 7.87. The highest BCUT2D eigenvalue weighted by molar-refractivity contribution is 7.90. The van der Waals surface area contributed by atoms with Crippen molar-refractivity contribution in [3.8, 4) is 0 Å². The van der Waals surface area contributed by atoms with Crippen molar-refractivity contribution in [1.82, 2.24) is 9.78 Å². The smallest absolute Gasteiger partial charge is 0.178 e. The maximum Gasteiger partial charge on any atom is 0.178 e. The van der Waals surface area contributed by atoms with Gasteiger partial charge >= 0.3 is 0 Å².